The minimum atomic E-state index is 0.819. The molecule has 15 heavy (non-hydrogen) atoms. The highest BCUT2D eigenvalue weighted by molar-refractivity contribution is 4.62. The van der Waals surface area contributed by atoms with Crippen LogP contribution in [0.1, 0.15) is 6.92 Å². The van der Waals surface area contributed by atoms with Crippen molar-refractivity contribution in [2.45, 2.75) is 6.92 Å². The number of likely N-dealkylation sites (N-methyl/N-ethyl adjacent to an activating group) is 2. The molecule has 5 heteroatoms. The van der Waals surface area contributed by atoms with Gasteiger partial charge in [0.1, 0.15) is 0 Å². The van der Waals surface area contributed by atoms with Gasteiger partial charge in [-0.15, -0.1) is 0 Å². The molecule has 0 aliphatic carbocycles. The summed E-state index contributed by atoms with van der Waals surface area (Å²) in [5.74, 6) is 0. The van der Waals surface area contributed by atoms with Gasteiger partial charge in [0.05, 0.1) is 13.3 Å². The predicted octanol–water partition coefficient (Wildman–Crippen LogP) is -0.617. The third-order valence-corrected chi connectivity index (χ3v) is 2.32. The van der Waals surface area contributed by atoms with E-state index in [1.165, 1.54) is 19.6 Å². The van der Waals surface area contributed by atoms with E-state index in [0.717, 1.165) is 33.7 Å². The second-order valence-corrected chi connectivity index (χ2v) is 3.49. The second-order valence-electron chi connectivity index (χ2n) is 3.49. The van der Waals surface area contributed by atoms with E-state index in [9.17, 15) is 0 Å². The van der Waals surface area contributed by atoms with Crippen molar-refractivity contribution in [3.05, 3.63) is 0 Å². The molecule has 5 nitrogen and oxygen atoms in total. The van der Waals surface area contributed by atoms with Crippen molar-refractivity contribution < 1.29 is 9.84 Å². The maximum absolute atomic E-state index is 7.00. The predicted molar refractivity (Wildman–Crippen MR) is 61.7 cm³/mol. The summed E-state index contributed by atoms with van der Waals surface area (Å²) < 4.78 is 4.98. The standard InChI is InChI=1S/C5H12N2.C4H9NO.CH4O/c1-2-7-4-3-6-5-7;1-5-2-3-6-4-5;1-2/h6H,2-5H2,1H3;2-4H2,1H3;2H,1H3. The largest absolute Gasteiger partial charge is 0.400 e. The molecule has 0 radical (unpaired) electrons. The Balaban J connectivity index is 0.000000227. The summed E-state index contributed by atoms with van der Waals surface area (Å²) >= 11 is 0. The van der Waals surface area contributed by atoms with Gasteiger partial charge in [0.25, 0.3) is 0 Å². The monoisotopic (exact) mass is 219 g/mol. The van der Waals surface area contributed by atoms with Crippen molar-refractivity contribution >= 4 is 0 Å². The molecule has 2 heterocycles. The average Bonchev–Trinajstić information content (AvgIpc) is 2.93. The fraction of sp³-hybridized carbons (Fsp3) is 1.00. The van der Waals surface area contributed by atoms with Crippen LogP contribution in [0.4, 0.5) is 0 Å². The first-order chi connectivity index (χ1) is 7.33. The van der Waals surface area contributed by atoms with Crippen LogP contribution in [0.25, 0.3) is 0 Å². The Bertz CT molecular complexity index is 124. The van der Waals surface area contributed by atoms with Crippen LogP contribution in [-0.4, -0.2) is 75.2 Å². The summed E-state index contributed by atoms with van der Waals surface area (Å²) in [6.45, 7) is 9.71. The Hall–Kier alpha value is -0.200. The van der Waals surface area contributed by atoms with Crippen LogP contribution >= 0.6 is 0 Å². The minimum absolute atomic E-state index is 0.819. The van der Waals surface area contributed by atoms with E-state index in [1.807, 2.05) is 7.05 Å². The Morgan fingerprint density at radius 1 is 1.33 bits per heavy atom. The lowest BCUT2D eigenvalue weighted by molar-refractivity contribution is 0.154. The number of ether oxygens (including phenoxy) is 1. The first-order valence-electron chi connectivity index (χ1n) is 5.47. The lowest BCUT2D eigenvalue weighted by atomic mass is 10.6. The van der Waals surface area contributed by atoms with Crippen LogP contribution < -0.4 is 5.32 Å². The molecule has 92 valence electrons. The Morgan fingerprint density at radius 2 is 2.07 bits per heavy atom. The van der Waals surface area contributed by atoms with Crippen LogP contribution in [0.3, 0.4) is 0 Å². The van der Waals surface area contributed by atoms with E-state index < -0.39 is 0 Å². The van der Waals surface area contributed by atoms with Crippen LogP contribution in [0.15, 0.2) is 0 Å². The molecule has 2 aliphatic heterocycles. The van der Waals surface area contributed by atoms with Gasteiger partial charge in [-0.05, 0) is 13.6 Å². The van der Waals surface area contributed by atoms with Crippen molar-refractivity contribution in [1.82, 2.24) is 15.1 Å². The molecule has 2 saturated heterocycles. The minimum Gasteiger partial charge on any atom is -0.400 e. The van der Waals surface area contributed by atoms with Crippen LogP contribution in [0.5, 0.6) is 0 Å². The number of hydrogen-bond donors (Lipinski definition) is 2. The molecule has 0 spiro atoms. The SMILES string of the molecule is CCN1CCNC1.CN1CCOC1.CO. The molecule has 0 aromatic rings. The number of rotatable bonds is 1. The third kappa shape index (κ3) is 7.70. The van der Waals surface area contributed by atoms with Gasteiger partial charge in [-0.1, -0.05) is 6.92 Å². The zero-order valence-corrected chi connectivity index (χ0v) is 10.2. The molecule has 2 aliphatic rings. The molecule has 2 rings (SSSR count). The van der Waals surface area contributed by atoms with Gasteiger partial charge >= 0.3 is 0 Å². The lowest BCUT2D eigenvalue weighted by Gasteiger charge is -2.07. The zero-order chi connectivity index (χ0) is 11.5. The number of hydrogen-bond acceptors (Lipinski definition) is 5. The second kappa shape index (κ2) is 10.3. The van der Waals surface area contributed by atoms with Crippen molar-refractivity contribution in [2.24, 2.45) is 0 Å². The Morgan fingerprint density at radius 3 is 2.27 bits per heavy atom. The zero-order valence-electron chi connectivity index (χ0n) is 10.2. The smallest absolute Gasteiger partial charge is 0.0989 e. The van der Waals surface area contributed by atoms with Gasteiger partial charge in [0.2, 0.25) is 0 Å². The number of nitrogens with zero attached hydrogens (tertiary/aromatic N) is 2. The third-order valence-electron chi connectivity index (χ3n) is 2.32. The van der Waals surface area contributed by atoms with E-state index in [1.54, 1.807) is 0 Å². The van der Waals surface area contributed by atoms with Crippen molar-refractivity contribution in [3.8, 4) is 0 Å². The van der Waals surface area contributed by atoms with Crippen molar-refractivity contribution in [1.29, 1.82) is 0 Å². The molecular formula is C10H25N3O2. The highest BCUT2D eigenvalue weighted by Gasteiger charge is 2.05. The summed E-state index contributed by atoms with van der Waals surface area (Å²) in [7, 11) is 3.05. The van der Waals surface area contributed by atoms with Crippen LogP contribution in [0, 0.1) is 0 Å². The quantitative estimate of drug-likeness (QED) is 0.616. The molecular weight excluding hydrogens is 194 g/mol. The molecule has 0 atom stereocenters. The number of aliphatic hydroxyl groups is 1. The summed E-state index contributed by atoms with van der Waals surface area (Å²) in [4.78, 5) is 4.51. The van der Waals surface area contributed by atoms with Gasteiger partial charge in [0, 0.05) is 33.4 Å². The van der Waals surface area contributed by atoms with E-state index in [-0.39, 0.29) is 0 Å². The first kappa shape index (κ1) is 14.8. The molecule has 2 N–H and O–H groups in total. The summed E-state index contributed by atoms with van der Waals surface area (Å²) in [6.07, 6.45) is 0. The van der Waals surface area contributed by atoms with Gasteiger partial charge in [0.15, 0.2) is 0 Å². The molecule has 0 aromatic heterocycles. The number of aliphatic hydroxyl groups excluding tert-OH is 1. The number of nitrogens with one attached hydrogen (secondary N) is 1. The van der Waals surface area contributed by atoms with Crippen LogP contribution in [-0.2, 0) is 4.74 Å². The molecule has 0 amide bonds. The topological polar surface area (TPSA) is 48.0 Å². The Kier molecular flexibility index (Phi) is 10.2. The van der Waals surface area contributed by atoms with Gasteiger partial charge in [-0.25, -0.2) is 0 Å². The fourth-order valence-corrected chi connectivity index (χ4v) is 1.33. The highest BCUT2D eigenvalue weighted by atomic mass is 16.5. The molecule has 0 saturated carbocycles. The fourth-order valence-electron chi connectivity index (χ4n) is 1.33. The Labute approximate surface area is 93.0 Å². The summed E-state index contributed by atoms with van der Waals surface area (Å²) in [5, 5.41) is 10.2. The van der Waals surface area contributed by atoms with Gasteiger partial charge in [-0.3, -0.25) is 9.80 Å². The molecule has 0 bridgehead atoms. The molecule has 0 aromatic carbocycles. The van der Waals surface area contributed by atoms with E-state index in [2.05, 4.69) is 22.0 Å². The van der Waals surface area contributed by atoms with E-state index in [4.69, 9.17) is 9.84 Å². The van der Waals surface area contributed by atoms with Crippen LogP contribution in [0.2, 0.25) is 0 Å². The lowest BCUT2D eigenvalue weighted by Crippen LogP contribution is -2.20. The normalized spacial score (nSPS) is 21.6. The first-order valence-corrected chi connectivity index (χ1v) is 5.47. The summed E-state index contributed by atoms with van der Waals surface area (Å²) in [6, 6.07) is 0. The molecule has 0 unspecified atom stereocenters. The molecule has 2 fully saturated rings. The average molecular weight is 219 g/mol. The highest BCUT2D eigenvalue weighted by Crippen LogP contribution is 1.91. The van der Waals surface area contributed by atoms with Crippen molar-refractivity contribution in [3.63, 3.8) is 0 Å². The van der Waals surface area contributed by atoms with E-state index in [0.29, 0.717) is 0 Å². The van der Waals surface area contributed by atoms with E-state index >= 15 is 0 Å². The maximum Gasteiger partial charge on any atom is 0.0989 e. The maximum atomic E-state index is 7.00. The van der Waals surface area contributed by atoms with Crippen molar-refractivity contribution in [2.75, 3.05) is 60.3 Å². The van der Waals surface area contributed by atoms with Gasteiger partial charge < -0.3 is 15.2 Å². The summed E-state index contributed by atoms with van der Waals surface area (Å²) in [5.41, 5.74) is 0. The van der Waals surface area contributed by atoms with Gasteiger partial charge in [-0.2, -0.15) is 0 Å².